The van der Waals surface area contributed by atoms with Gasteiger partial charge in [0.15, 0.2) is 0 Å². The zero-order valence-corrected chi connectivity index (χ0v) is 12.3. The van der Waals surface area contributed by atoms with E-state index < -0.39 is 11.9 Å². The maximum atomic E-state index is 12.5. The standard InChI is InChI=1S/C16H17F3N2O/c1-2-3-6-15(22)21-9-4-5-13(11-21)12-7-8-14(20-10-12)16(17,18)19/h7-8,10,13H,2,4-5,9,11H2,1H3. The van der Waals surface area contributed by atoms with Gasteiger partial charge in [-0.05, 0) is 30.4 Å². The summed E-state index contributed by atoms with van der Waals surface area (Å²) in [6.07, 6.45) is -0.906. The summed E-state index contributed by atoms with van der Waals surface area (Å²) >= 11 is 0. The number of hydrogen-bond donors (Lipinski definition) is 0. The van der Waals surface area contributed by atoms with E-state index >= 15 is 0 Å². The zero-order chi connectivity index (χ0) is 16.2. The molecular weight excluding hydrogens is 293 g/mol. The molecule has 118 valence electrons. The molecule has 0 bridgehead atoms. The van der Waals surface area contributed by atoms with E-state index in [1.165, 1.54) is 12.3 Å². The summed E-state index contributed by atoms with van der Waals surface area (Å²) < 4.78 is 37.6. The second-order valence-corrected chi connectivity index (χ2v) is 5.22. The fourth-order valence-corrected chi connectivity index (χ4v) is 2.49. The largest absolute Gasteiger partial charge is 0.433 e. The topological polar surface area (TPSA) is 33.2 Å². The number of rotatable bonds is 1. The molecule has 0 aromatic carbocycles. The van der Waals surface area contributed by atoms with Gasteiger partial charge in [-0.1, -0.05) is 18.9 Å². The number of hydrogen-bond acceptors (Lipinski definition) is 2. The predicted octanol–water partition coefficient (Wildman–Crippen LogP) is 3.22. The first kappa shape index (κ1) is 16.3. The molecule has 2 rings (SSSR count). The van der Waals surface area contributed by atoms with E-state index in [1.807, 2.05) is 6.92 Å². The summed E-state index contributed by atoms with van der Waals surface area (Å²) in [6.45, 7) is 2.99. The number of pyridine rings is 1. The number of piperidine rings is 1. The molecule has 1 atom stereocenters. The van der Waals surface area contributed by atoms with Gasteiger partial charge >= 0.3 is 6.18 Å². The van der Waals surface area contributed by atoms with E-state index in [2.05, 4.69) is 16.8 Å². The highest BCUT2D eigenvalue weighted by Gasteiger charge is 2.32. The van der Waals surface area contributed by atoms with Gasteiger partial charge in [0, 0.05) is 31.6 Å². The van der Waals surface area contributed by atoms with Gasteiger partial charge in [-0.2, -0.15) is 13.2 Å². The van der Waals surface area contributed by atoms with E-state index in [1.54, 1.807) is 4.90 Å². The van der Waals surface area contributed by atoms with E-state index in [4.69, 9.17) is 0 Å². The Balaban J connectivity index is 2.07. The van der Waals surface area contributed by atoms with Crippen LogP contribution in [0.25, 0.3) is 0 Å². The van der Waals surface area contributed by atoms with Gasteiger partial charge < -0.3 is 4.90 Å². The second-order valence-electron chi connectivity index (χ2n) is 5.22. The van der Waals surface area contributed by atoms with Crippen molar-refractivity contribution in [1.29, 1.82) is 0 Å². The Hall–Kier alpha value is -2.03. The van der Waals surface area contributed by atoms with Crippen molar-refractivity contribution >= 4 is 5.91 Å². The Morgan fingerprint density at radius 3 is 2.82 bits per heavy atom. The van der Waals surface area contributed by atoms with Gasteiger partial charge in [0.05, 0.1) is 0 Å². The quantitative estimate of drug-likeness (QED) is 0.746. The number of aromatic nitrogens is 1. The molecular formula is C16H17F3N2O. The summed E-state index contributed by atoms with van der Waals surface area (Å²) in [5.41, 5.74) is -0.164. The third kappa shape index (κ3) is 4.00. The van der Waals surface area contributed by atoms with Crippen LogP contribution in [0.1, 0.15) is 43.4 Å². The Morgan fingerprint density at radius 1 is 1.45 bits per heavy atom. The number of carbonyl (C=O) groups excluding carboxylic acids is 1. The van der Waals surface area contributed by atoms with Crippen LogP contribution in [-0.4, -0.2) is 28.9 Å². The molecule has 1 fully saturated rings. The molecule has 1 aromatic rings. The molecule has 3 nitrogen and oxygen atoms in total. The van der Waals surface area contributed by atoms with Gasteiger partial charge in [0.1, 0.15) is 5.69 Å². The average Bonchev–Trinajstić information content (AvgIpc) is 2.52. The van der Waals surface area contributed by atoms with Crippen LogP contribution >= 0.6 is 0 Å². The van der Waals surface area contributed by atoms with Gasteiger partial charge in [-0.25, -0.2) is 0 Å². The Bertz CT molecular complexity index is 584. The summed E-state index contributed by atoms with van der Waals surface area (Å²) in [6, 6.07) is 2.44. The molecule has 1 saturated heterocycles. The van der Waals surface area contributed by atoms with E-state index in [0.29, 0.717) is 19.5 Å². The number of halogens is 3. The lowest BCUT2D eigenvalue weighted by atomic mass is 9.91. The maximum Gasteiger partial charge on any atom is 0.433 e. The third-order valence-electron chi connectivity index (χ3n) is 3.63. The summed E-state index contributed by atoms with van der Waals surface area (Å²) in [5, 5.41) is 0. The van der Waals surface area contributed by atoms with Crippen LogP contribution in [0, 0.1) is 11.8 Å². The molecule has 1 aliphatic rings. The zero-order valence-electron chi connectivity index (χ0n) is 12.3. The summed E-state index contributed by atoms with van der Waals surface area (Å²) in [7, 11) is 0. The SMILES string of the molecule is CCC#CC(=O)N1CCCC(c2ccc(C(F)(F)F)nc2)C1. The molecule has 0 spiro atoms. The van der Waals surface area contributed by atoms with Gasteiger partial charge in [0.2, 0.25) is 0 Å². The fraction of sp³-hybridized carbons (Fsp3) is 0.500. The van der Waals surface area contributed by atoms with Crippen LogP contribution < -0.4 is 0 Å². The van der Waals surface area contributed by atoms with Gasteiger partial charge in [0.25, 0.3) is 5.91 Å². The van der Waals surface area contributed by atoms with Crippen LogP contribution in [0.2, 0.25) is 0 Å². The second kappa shape index (κ2) is 6.82. The fourth-order valence-electron chi connectivity index (χ4n) is 2.49. The van der Waals surface area contributed by atoms with Crippen molar-refractivity contribution in [2.45, 2.75) is 38.3 Å². The Kier molecular flexibility index (Phi) is 5.07. The molecule has 2 heterocycles. The first-order chi connectivity index (χ1) is 10.4. The highest BCUT2D eigenvalue weighted by molar-refractivity contribution is 5.93. The number of nitrogens with zero attached hydrogens (tertiary/aromatic N) is 2. The predicted molar refractivity (Wildman–Crippen MR) is 75.9 cm³/mol. The molecule has 0 radical (unpaired) electrons. The average molecular weight is 310 g/mol. The maximum absolute atomic E-state index is 12.5. The van der Waals surface area contributed by atoms with E-state index in [0.717, 1.165) is 24.5 Å². The Labute approximate surface area is 127 Å². The summed E-state index contributed by atoms with van der Waals surface area (Å²) in [4.78, 5) is 17.1. The smallest absolute Gasteiger partial charge is 0.331 e. The molecule has 1 aliphatic heterocycles. The van der Waals surface area contributed by atoms with Crippen LogP contribution in [0.3, 0.4) is 0 Å². The molecule has 22 heavy (non-hydrogen) atoms. The monoisotopic (exact) mass is 310 g/mol. The lowest BCUT2D eigenvalue weighted by Gasteiger charge is -2.31. The third-order valence-corrected chi connectivity index (χ3v) is 3.63. The summed E-state index contributed by atoms with van der Waals surface area (Å²) in [5.74, 6) is 5.11. The number of likely N-dealkylation sites (tertiary alicyclic amines) is 1. The number of carbonyl (C=O) groups is 1. The minimum absolute atomic E-state index is 0.0101. The molecule has 0 saturated carbocycles. The lowest BCUT2D eigenvalue weighted by molar-refractivity contribution is -0.141. The first-order valence-corrected chi connectivity index (χ1v) is 7.22. The normalized spacial score (nSPS) is 18.5. The number of alkyl halides is 3. The highest BCUT2D eigenvalue weighted by atomic mass is 19.4. The molecule has 1 amide bonds. The van der Waals surface area contributed by atoms with E-state index in [-0.39, 0.29) is 11.8 Å². The number of amides is 1. The van der Waals surface area contributed by atoms with Crippen LogP contribution in [0.4, 0.5) is 13.2 Å². The van der Waals surface area contributed by atoms with Crippen molar-refractivity contribution in [2.75, 3.05) is 13.1 Å². The van der Waals surface area contributed by atoms with Crippen LogP contribution in [0.15, 0.2) is 18.3 Å². The van der Waals surface area contributed by atoms with Crippen molar-refractivity contribution in [3.05, 3.63) is 29.6 Å². The van der Waals surface area contributed by atoms with Gasteiger partial charge in [-0.3, -0.25) is 9.78 Å². The van der Waals surface area contributed by atoms with Crippen molar-refractivity contribution in [3.63, 3.8) is 0 Å². The molecule has 6 heteroatoms. The minimum Gasteiger partial charge on any atom is -0.331 e. The molecule has 1 unspecified atom stereocenters. The van der Waals surface area contributed by atoms with Gasteiger partial charge in [-0.15, -0.1) is 0 Å². The molecule has 0 aliphatic carbocycles. The van der Waals surface area contributed by atoms with Crippen molar-refractivity contribution < 1.29 is 18.0 Å². The van der Waals surface area contributed by atoms with Crippen molar-refractivity contribution in [1.82, 2.24) is 9.88 Å². The highest BCUT2D eigenvalue weighted by Crippen LogP contribution is 2.30. The lowest BCUT2D eigenvalue weighted by Crippen LogP contribution is -2.38. The van der Waals surface area contributed by atoms with Crippen LogP contribution in [0.5, 0.6) is 0 Å². The minimum atomic E-state index is -4.43. The molecule has 1 aromatic heterocycles. The van der Waals surface area contributed by atoms with Crippen molar-refractivity contribution in [2.24, 2.45) is 0 Å². The van der Waals surface area contributed by atoms with Crippen molar-refractivity contribution in [3.8, 4) is 11.8 Å². The molecule has 0 N–H and O–H groups in total. The van der Waals surface area contributed by atoms with Crippen LogP contribution in [-0.2, 0) is 11.0 Å². The first-order valence-electron chi connectivity index (χ1n) is 7.22. The Morgan fingerprint density at radius 2 is 2.23 bits per heavy atom. The van der Waals surface area contributed by atoms with E-state index in [9.17, 15) is 18.0 Å².